The topological polar surface area (TPSA) is 24.5 Å². The standard InChI is InChI=1S/C15H32N2O/c1-15(2)7-5-3-4-6-13-18-14-12-17-10-8-16-9-11-17/h15-16H,3-14H2,1-2H3. The van der Waals surface area contributed by atoms with Gasteiger partial charge in [-0.05, 0) is 12.3 Å². The van der Waals surface area contributed by atoms with Gasteiger partial charge in [0, 0.05) is 39.3 Å². The van der Waals surface area contributed by atoms with Gasteiger partial charge in [0.05, 0.1) is 6.61 Å². The number of piperazine rings is 1. The van der Waals surface area contributed by atoms with Crippen LogP contribution >= 0.6 is 0 Å². The summed E-state index contributed by atoms with van der Waals surface area (Å²) in [5.74, 6) is 0.861. The van der Waals surface area contributed by atoms with Crippen LogP contribution in [0.1, 0.15) is 46.0 Å². The van der Waals surface area contributed by atoms with E-state index in [-0.39, 0.29) is 0 Å². The minimum absolute atomic E-state index is 0.861. The van der Waals surface area contributed by atoms with Crippen LogP contribution in [-0.4, -0.2) is 50.8 Å². The van der Waals surface area contributed by atoms with E-state index < -0.39 is 0 Å². The highest BCUT2D eigenvalue weighted by Crippen LogP contribution is 2.09. The van der Waals surface area contributed by atoms with E-state index in [1.165, 1.54) is 45.2 Å². The molecule has 0 bridgehead atoms. The van der Waals surface area contributed by atoms with Crippen LogP contribution in [-0.2, 0) is 4.74 Å². The van der Waals surface area contributed by atoms with E-state index in [9.17, 15) is 0 Å². The molecule has 0 atom stereocenters. The molecule has 0 aromatic rings. The second-order valence-electron chi connectivity index (χ2n) is 5.80. The molecule has 0 amide bonds. The molecule has 1 saturated heterocycles. The Labute approximate surface area is 113 Å². The van der Waals surface area contributed by atoms with Crippen molar-refractivity contribution in [3.8, 4) is 0 Å². The van der Waals surface area contributed by atoms with E-state index in [4.69, 9.17) is 4.74 Å². The molecule has 1 heterocycles. The predicted octanol–water partition coefficient (Wildman–Crippen LogP) is 2.51. The Morgan fingerprint density at radius 2 is 1.72 bits per heavy atom. The Balaban J connectivity index is 1.75. The maximum atomic E-state index is 5.70. The molecule has 0 radical (unpaired) electrons. The lowest BCUT2D eigenvalue weighted by molar-refractivity contribution is 0.0962. The summed E-state index contributed by atoms with van der Waals surface area (Å²) < 4.78 is 5.70. The first-order valence-corrected chi connectivity index (χ1v) is 7.80. The van der Waals surface area contributed by atoms with Gasteiger partial charge >= 0.3 is 0 Å². The zero-order chi connectivity index (χ0) is 13.1. The lowest BCUT2D eigenvalue weighted by Crippen LogP contribution is -2.44. The molecule has 1 N–H and O–H groups in total. The number of ether oxygens (including phenoxy) is 1. The van der Waals surface area contributed by atoms with E-state index in [1.807, 2.05) is 0 Å². The average molecular weight is 256 g/mol. The molecule has 1 fully saturated rings. The molecule has 3 heteroatoms. The van der Waals surface area contributed by atoms with Crippen molar-refractivity contribution in [1.82, 2.24) is 10.2 Å². The third kappa shape index (κ3) is 8.90. The first-order valence-electron chi connectivity index (χ1n) is 7.80. The summed E-state index contributed by atoms with van der Waals surface area (Å²) in [6.45, 7) is 12.2. The zero-order valence-corrected chi connectivity index (χ0v) is 12.4. The molecule has 0 aromatic carbocycles. The van der Waals surface area contributed by atoms with Crippen LogP contribution in [0.15, 0.2) is 0 Å². The quantitative estimate of drug-likeness (QED) is 0.608. The smallest absolute Gasteiger partial charge is 0.0593 e. The molecular formula is C15H32N2O. The number of hydrogen-bond donors (Lipinski definition) is 1. The van der Waals surface area contributed by atoms with Crippen LogP contribution in [0.25, 0.3) is 0 Å². The third-order valence-electron chi connectivity index (χ3n) is 3.58. The van der Waals surface area contributed by atoms with Crippen LogP contribution in [0, 0.1) is 5.92 Å². The van der Waals surface area contributed by atoms with Crippen molar-refractivity contribution >= 4 is 0 Å². The Morgan fingerprint density at radius 3 is 2.44 bits per heavy atom. The van der Waals surface area contributed by atoms with Crippen LogP contribution in [0.3, 0.4) is 0 Å². The first-order chi connectivity index (χ1) is 8.79. The van der Waals surface area contributed by atoms with Crippen molar-refractivity contribution in [1.29, 1.82) is 0 Å². The summed E-state index contributed by atoms with van der Waals surface area (Å²) >= 11 is 0. The zero-order valence-electron chi connectivity index (χ0n) is 12.4. The van der Waals surface area contributed by atoms with Gasteiger partial charge in [0.1, 0.15) is 0 Å². The van der Waals surface area contributed by atoms with Gasteiger partial charge in [-0.1, -0.05) is 39.5 Å². The molecule has 0 spiro atoms. The van der Waals surface area contributed by atoms with E-state index >= 15 is 0 Å². The highest BCUT2D eigenvalue weighted by Gasteiger charge is 2.08. The lowest BCUT2D eigenvalue weighted by atomic mass is 10.0. The lowest BCUT2D eigenvalue weighted by Gasteiger charge is -2.26. The summed E-state index contributed by atoms with van der Waals surface area (Å²) in [6.07, 6.45) is 6.71. The molecule has 0 saturated carbocycles. The summed E-state index contributed by atoms with van der Waals surface area (Å²) in [7, 11) is 0. The van der Waals surface area contributed by atoms with E-state index in [2.05, 4.69) is 24.1 Å². The fourth-order valence-electron chi connectivity index (χ4n) is 2.34. The van der Waals surface area contributed by atoms with Gasteiger partial charge in [0.15, 0.2) is 0 Å². The fraction of sp³-hybridized carbons (Fsp3) is 1.00. The Bertz CT molecular complexity index is 179. The van der Waals surface area contributed by atoms with E-state index in [0.717, 1.165) is 38.8 Å². The summed E-state index contributed by atoms with van der Waals surface area (Å²) in [4.78, 5) is 2.49. The maximum Gasteiger partial charge on any atom is 0.0593 e. The number of rotatable bonds is 10. The number of nitrogens with one attached hydrogen (secondary N) is 1. The second-order valence-corrected chi connectivity index (χ2v) is 5.80. The first kappa shape index (κ1) is 15.9. The minimum Gasteiger partial charge on any atom is -0.380 e. The van der Waals surface area contributed by atoms with E-state index in [1.54, 1.807) is 0 Å². The Kier molecular flexibility index (Phi) is 9.54. The van der Waals surface area contributed by atoms with Gasteiger partial charge < -0.3 is 10.1 Å². The van der Waals surface area contributed by atoms with Crippen molar-refractivity contribution in [3.05, 3.63) is 0 Å². The molecule has 1 rings (SSSR count). The molecule has 0 aliphatic carbocycles. The highest BCUT2D eigenvalue weighted by molar-refractivity contribution is 4.66. The molecular weight excluding hydrogens is 224 g/mol. The van der Waals surface area contributed by atoms with Gasteiger partial charge in [-0.25, -0.2) is 0 Å². The monoisotopic (exact) mass is 256 g/mol. The van der Waals surface area contributed by atoms with Gasteiger partial charge in [0.2, 0.25) is 0 Å². The van der Waals surface area contributed by atoms with Crippen molar-refractivity contribution in [2.75, 3.05) is 45.9 Å². The molecule has 0 unspecified atom stereocenters. The van der Waals surface area contributed by atoms with Crippen LogP contribution in [0.4, 0.5) is 0 Å². The van der Waals surface area contributed by atoms with Crippen molar-refractivity contribution in [3.63, 3.8) is 0 Å². The van der Waals surface area contributed by atoms with Crippen molar-refractivity contribution < 1.29 is 4.74 Å². The minimum atomic E-state index is 0.861. The summed E-state index contributed by atoms with van der Waals surface area (Å²) in [6, 6.07) is 0. The molecule has 108 valence electrons. The Hall–Kier alpha value is -0.120. The normalized spacial score (nSPS) is 17.5. The highest BCUT2D eigenvalue weighted by atomic mass is 16.5. The van der Waals surface area contributed by atoms with Crippen molar-refractivity contribution in [2.45, 2.75) is 46.0 Å². The fourth-order valence-corrected chi connectivity index (χ4v) is 2.34. The largest absolute Gasteiger partial charge is 0.380 e. The van der Waals surface area contributed by atoms with Gasteiger partial charge in [-0.2, -0.15) is 0 Å². The molecule has 3 nitrogen and oxygen atoms in total. The predicted molar refractivity (Wildman–Crippen MR) is 78.1 cm³/mol. The maximum absolute atomic E-state index is 5.70. The van der Waals surface area contributed by atoms with Gasteiger partial charge in [-0.3, -0.25) is 4.90 Å². The summed E-state index contributed by atoms with van der Waals surface area (Å²) in [5, 5.41) is 3.37. The van der Waals surface area contributed by atoms with Gasteiger partial charge in [-0.15, -0.1) is 0 Å². The number of unbranched alkanes of at least 4 members (excludes halogenated alkanes) is 3. The second kappa shape index (κ2) is 10.8. The number of nitrogens with zero attached hydrogens (tertiary/aromatic N) is 1. The molecule has 18 heavy (non-hydrogen) atoms. The molecule has 1 aliphatic rings. The van der Waals surface area contributed by atoms with Crippen molar-refractivity contribution in [2.24, 2.45) is 5.92 Å². The number of hydrogen-bond acceptors (Lipinski definition) is 3. The average Bonchev–Trinajstić information content (AvgIpc) is 2.37. The molecule has 0 aromatic heterocycles. The third-order valence-corrected chi connectivity index (χ3v) is 3.58. The summed E-state index contributed by atoms with van der Waals surface area (Å²) in [5.41, 5.74) is 0. The van der Waals surface area contributed by atoms with Crippen LogP contribution in [0.5, 0.6) is 0 Å². The molecule has 1 aliphatic heterocycles. The van der Waals surface area contributed by atoms with Crippen LogP contribution < -0.4 is 5.32 Å². The van der Waals surface area contributed by atoms with Gasteiger partial charge in [0.25, 0.3) is 0 Å². The van der Waals surface area contributed by atoms with E-state index in [0.29, 0.717) is 0 Å². The SMILES string of the molecule is CC(C)CCCCCCOCCN1CCNCC1. The van der Waals surface area contributed by atoms with Crippen LogP contribution in [0.2, 0.25) is 0 Å². The Morgan fingerprint density at radius 1 is 1.00 bits per heavy atom.